The van der Waals surface area contributed by atoms with Crippen molar-refractivity contribution in [2.45, 2.75) is 25.4 Å². The second-order valence-corrected chi connectivity index (χ2v) is 2.47. The number of carbonyl (C=O) groups excluding carboxylic acids is 3. The molecule has 0 spiro atoms. The summed E-state index contributed by atoms with van der Waals surface area (Å²) in [6.45, 7) is 1.81. The molecule has 0 N–H and O–H groups in total. The highest BCUT2D eigenvalue weighted by Gasteiger charge is 2.26. The van der Waals surface area contributed by atoms with E-state index in [9.17, 15) is 14.4 Å². The van der Waals surface area contributed by atoms with E-state index in [-0.39, 0.29) is 13.0 Å². The Kier molecular flexibility index (Phi) is 5.75. The van der Waals surface area contributed by atoms with Crippen LogP contribution in [-0.4, -0.2) is 30.4 Å². The van der Waals surface area contributed by atoms with Crippen molar-refractivity contribution in [3.63, 3.8) is 0 Å². The van der Waals surface area contributed by atoms with Crippen LogP contribution in [0.3, 0.4) is 0 Å². The molecular formula is C8H9N3O3. The molecule has 0 radical (unpaired) electrons. The minimum absolute atomic E-state index is 0.105. The molecule has 0 aromatic carbocycles. The summed E-state index contributed by atoms with van der Waals surface area (Å²) < 4.78 is 0. The predicted molar refractivity (Wildman–Crippen MR) is 46.9 cm³/mol. The van der Waals surface area contributed by atoms with Crippen molar-refractivity contribution in [2.24, 2.45) is 15.0 Å². The van der Waals surface area contributed by atoms with Crippen LogP contribution in [0.2, 0.25) is 0 Å². The maximum Gasteiger partial charge on any atom is 0.237 e. The maximum absolute atomic E-state index is 10.1. The summed E-state index contributed by atoms with van der Waals surface area (Å²) >= 11 is 0. The van der Waals surface area contributed by atoms with E-state index in [4.69, 9.17) is 0 Å². The van der Waals surface area contributed by atoms with Gasteiger partial charge in [0.2, 0.25) is 18.2 Å². The zero-order valence-electron chi connectivity index (χ0n) is 7.69. The van der Waals surface area contributed by atoms with Gasteiger partial charge in [0, 0.05) is 6.42 Å². The molecule has 0 amide bonds. The number of isocyanates is 3. The van der Waals surface area contributed by atoms with Crippen LogP contribution in [0, 0.1) is 0 Å². The summed E-state index contributed by atoms with van der Waals surface area (Å²) in [5.41, 5.74) is -1.18. The molecule has 0 aliphatic heterocycles. The fourth-order valence-corrected chi connectivity index (χ4v) is 0.922. The van der Waals surface area contributed by atoms with Gasteiger partial charge in [-0.15, -0.1) is 0 Å². The van der Waals surface area contributed by atoms with Gasteiger partial charge in [0.25, 0.3) is 0 Å². The average molecular weight is 195 g/mol. The Morgan fingerprint density at radius 2 is 1.64 bits per heavy atom. The largest absolute Gasteiger partial charge is 0.237 e. The summed E-state index contributed by atoms with van der Waals surface area (Å²) in [5.74, 6) is 0. The first kappa shape index (κ1) is 12.1. The van der Waals surface area contributed by atoms with E-state index >= 15 is 0 Å². The van der Waals surface area contributed by atoms with E-state index in [1.54, 1.807) is 6.92 Å². The minimum Gasteiger partial charge on any atom is -0.211 e. The molecule has 0 saturated heterocycles. The Morgan fingerprint density at radius 3 is 2.00 bits per heavy atom. The number of aliphatic imine (C=N–C) groups is 3. The van der Waals surface area contributed by atoms with Crippen LogP contribution >= 0.6 is 0 Å². The number of nitrogens with zero attached hydrogens (tertiary/aromatic N) is 3. The Balaban J connectivity index is 4.73. The van der Waals surface area contributed by atoms with E-state index in [2.05, 4.69) is 15.0 Å². The van der Waals surface area contributed by atoms with Gasteiger partial charge in [-0.2, -0.15) is 9.98 Å². The van der Waals surface area contributed by atoms with Gasteiger partial charge in [-0.3, -0.25) is 0 Å². The molecule has 0 heterocycles. The predicted octanol–water partition coefficient (Wildman–Crippen LogP) is 0.490. The van der Waals surface area contributed by atoms with Gasteiger partial charge in [-0.25, -0.2) is 19.4 Å². The normalized spacial score (nSPS) is 12.6. The quantitative estimate of drug-likeness (QED) is 0.456. The van der Waals surface area contributed by atoms with Crippen molar-refractivity contribution in [2.75, 3.05) is 6.54 Å². The van der Waals surface area contributed by atoms with Crippen LogP contribution in [0.15, 0.2) is 15.0 Å². The zero-order chi connectivity index (χ0) is 10.9. The van der Waals surface area contributed by atoms with Gasteiger partial charge in [-0.05, 0) is 6.42 Å². The second kappa shape index (κ2) is 6.63. The van der Waals surface area contributed by atoms with E-state index < -0.39 is 5.66 Å². The molecule has 0 unspecified atom stereocenters. The summed E-state index contributed by atoms with van der Waals surface area (Å²) in [5, 5.41) is 0. The van der Waals surface area contributed by atoms with Crippen molar-refractivity contribution in [3.8, 4) is 0 Å². The average Bonchev–Trinajstić information content (AvgIpc) is 2.19. The van der Waals surface area contributed by atoms with Gasteiger partial charge in [0.1, 0.15) is 0 Å². The molecule has 0 aromatic heterocycles. The molecule has 0 aliphatic rings. The molecule has 0 bridgehead atoms. The summed E-state index contributed by atoms with van der Waals surface area (Å²) in [6.07, 6.45) is 4.53. The van der Waals surface area contributed by atoms with Crippen LogP contribution in [0.4, 0.5) is 0 Å². The Labute approximate surface area is 80.5 Å². The molecule has 0 rings (SSSR count). The lowest BCUT2D eigenvalue weighted by Crippen LogP contribution is -2.23. The standard InChI is InChI=1S/C8H9N3O3/c1-2-8(10-6-13,11-7-14)3-4-9-5-12/h2-4H2,1H3. The number of rotatable bonds is 6. The van der Waals surface area contributed by atoms with Crippen LogP contribution in [0.25, 0.3) is 0 Å². The molecule has 6 heteroatoms. The molecule has 0 fully saturated rings. The van der Waals surface area contributed by atoms with Gasteiger partial charge >= 0.3 is 0 Å². The lowest BCUT2D eigenvalue weighted by atomic mass is 10.1. The fourth-order valence-electron chi connectivity index (χ4n) is 0.922. The van der Waals surface area contributed by atoms with E-state index in [0.717, 1.165) is 0 Å². The third-order valence-corrected chi connectivity index (χ3v) is 1.76. The molecular weight excluding hydrogens is 186 g/mol. The molecule has 0 atom stereocenters. The number of hydrogen-bond donors (Lipinski definition) is 0. The Morgan fingerprint density at radius 1 is 1.07 bits per heavy atom. The SMILES string of the molecule is CCC(CCN=C=O)(N=C=O)N=C=O. The monoisotopic (exact) mass is 195 g/mol. The molecule has 0 aliphatic carbocycles. The van der Waals surface area contributed by atoms with Gasteiger partial charge in [0.15, 0.2) is 5.66 Å². The first-order chi connectivity index (χ1) is 6.74. The summed E-state index contributed by atoms with van der Waals surface area (Å²) in [7, 11) is 0. The molecule has 6 nitrogen and oxygen atoms in total. The highest BCUT2D eigenvalue weighted by Crippen LogP contribution is 2.21. The summed E-state index contributed by atoms with van der Waals surface area (Å²) in [4.78, 5) is 40.1. The lowest BCUT2D eigenvalue weighted by molar-refractivity contribution is 0.399. The molecule has 14 heavy (non-hydrogen) atoms. The van der Waals surface area contributed by atoms with Crippen molar-refractivity contribution in [3.05, 3.63) is 0 Å². The van der Waals surface area contributed by atoms with Crippen molar-refractivity contribution in [1.29, 1.82) is 0 Å². The first-order valence-electron chi connectivity index (χ1n) is 3.96. The van der Waals surface area contributed by atoms with Gasteiger partial charge < -0.3 is 0 Å². The highest BCUT2D eigenvalue weighted by atomic mass is 16.1. The van der Waals surface area contributed by atoms with E-state index in [1.807, 2.05) is 0 Å². The van der Waals surface area contributed by atoms with Crippen LogP contribution in [0.1, 0.15) is 19.8 Å². The summed E-state index contributed by atoms with van der Waals surface area (Å²) in [6, 6.07) is 0. The molecule has 74 valence electrons. The van der Waals surface area contributed by atoms with E-state index in [1.165, 1.54) is 18.2 Å². The van der Waals surface area contributed by atoms with Crippen molar-refractivity contribution in [1.82, 2.24) is 0 Å². The Bertz CT molecular complexity index is 303. The van der Waals surface area contributed by atoms with Crippen molar-refractivity contribution < 1.29 is 14.4 Å². The Hall–Kier alpha value is -1.86. The minimum atomic E-state index is -1.18. The lowest BCUT2D eigenvalue weighted by Gasteiger charge is -2.17. The number of hydrogen-bond acceptors (Lipinski definition) is 6. The van der Waals surface area contributed by atoms with Crippen LogP contribution in [0.5, 0.6) is 0 Å². The smallest absolute Gasteiger partial charge is 0.211 e. The first-order valence-corrected chi connectivity index (χ1v) is 3.96. The van der Waals surface area contributed by atoms with Crippen LogP contribution in [-0.2, 0) is 14.4 Å². The van der Waals surface area contributed by atoms with E-state index in [0.29, 0.717) is 6.42 Å². The highest BCUT2D eigenvalue weighted by molar-refractivity contribution is 5.39. The third-order valence-electron chi connectivity index (χ3n) is 1.76. The van der Waals surface area contributed by atoms with Crippen molar-refractivity contribution >= 4 is 18.2 Å². The molecule has 0 saturated carbocycles. The third kappa shape index (κ3) is 3.70. The molecule has 0 aromatic rings. The van der Waals surface area contributed by atoms with Crippen LogP contribution < -0.4 is 0 Å². The zero-order valence-corrected chi connectivity index (χ0v) is 7.69. The van der Waals surface area contributed by atoms with Gasteiger partial charge in [-0.1, -0.05) is 6.92 Å². The fraction of sp³-hybridized carbons (Fsp3) is 0.625. The maximum atomic E-state index is 10.1. The topological polar surface area (TPSA) is 88.3 Å². The van der Waals surface area contributed by atoms with Gasteiger partial charge in [0.05, 0.1) is 6.54 Å². The second-order valence-electron chi connectivity index (χ2n) is 2.47.